The molecule has 1 unspecified atom stereocenters. The predicted octanol–water partition coefficient (Wildman–Crippen LogP) is 3.54. The molecule has 3 rings (SSSR count). The van der Waals surface area contributed by atoms with Crippen molar-refractivity contribution in [2.45, 2.75) is 19.2 Å². The summed E-state index contributed by atoms with van der Waals surface area (Å²) in [5.41, 5.74) is 1.56. The van der Waals surface area contributed by atoms with Crippen molar-refractivity contribution in [2.24, 2.45) is 0 Å². The molecule has 1 N–H and O–H groups in total. The van der Waals surface area contributed by atoms with Crippen molar-refractivity contribution in [1.82, 2.24) is 4.90 Å². The van der Waals surface area contributed by atoms with Crippen LogP contribution in [0.2, 0.25) is 0 Å². The summed E-state index contributed by atoms with van der Waals surface area (Å²) in [4.78, 5) is 13.0. The quantitative estimate of drug-likeness (QED) is 0.501. The highest BCUT2D eigenvalue weighted by molar-refractivity contribution is 5.75. The number of rotatable bonds is 11. The summed E-state index contributed by atoms with van der Waals surface area (Å²) in [6.45, 7) is 1.63. The van der Waals surface area contributed by atoms with E-state index in [0.717, 1.165) is 23.4 Å². The van der Waals surface area contributed by atoms with Crippen molar-refractivity contribution >= 4 is 6.29 Å². The number of ether oxygens (including phenoxy) is 2. The minimum Gasteiger partial charge on any atom is -0.496 e. The maximum atomic E-state index is 10.9. The van der Waals surface area contributed by atoms with E-state index < -0.39 is 6.10 Å². The topological polar surface area (TPSA) is 72.1 Å². The number of aliphatic hydroxyl groups is 1. The molecule has 0 aliphatic heterocycles. The summed E-state index contributed by atoms with van der Waals surface area (Å²) >= 11 is 0. The second-order valence-corrected chi connectivity index (χ2v) is 6.72. The van der Waals surface area contributed by atoms with Crippen LogP contribution in [-0.4, -0.2) is 42.7 Å². The number of hydrogen-bond donors (Lipinski definition) is 1. The molecule has 0 saturated heterocycles. The number of carbonyl (C=O) groups excluding carboxylic acids is 1. The maximum absolute atomic E-state index is 10.9. The zero-order valence-electron chi connectivity index (χ0n) is 16.4. The van der Waals surface area contributed by atoms with E-state index in [-0.39, 0.29) is 6.61 Å². The number of aliphatic hydroxyl groups excluding tert-OH is 1. The third-order valence-electron chi connectivity index (χ3n) is 4.45. The first-order valence-corrected chi connectivity index (χ1v) is 9.40. The Morgan fingerprint density at radius 2 is 1.97 bits per heavy atom. The van der Waals surface area contributed by atoms with E-state index in [1.807, 2.05) is 36.4 Å². The van der Waals surface area contributed by atoms with Crippen molar-refractivity contribution in [3.63, 3.8) is 0 Å². The van der Waals surface area contributed by atoms with Gasteiger partial charge in [0, 0.05) is 24.2 Å². The molecular weight excluding hydrogens is 370 g/mol. The summed E-state index contributed by atoms with van der Waals surface area (Å²) in [5.74, 6) is 2.16. The van der Waals surface area contributed by atoms with Gasteiger partial charge >= 0.3 is 0 Å². The average Bonchev–Trinajstić information content (AvgIpc) is 3.26. The monoisotopic (exact) mass is 395 g/mol. The molecule has 0 radical (unpaired) electrons. The summed E-state index contributed by atoms with van der Waals surface area (Å²) in [7, 11) is 1.64. The van der Waals surface area contributed by atoms with Gasteiger partial charge in [0.15, 0.2) is 0 Å². The number of furan rings is 1. The van der Waals surface area contributed by atoms with Gasteiger partial charge in [-0.3, -0.25) is 9.69 Å². The van der Waals surface area contributed by atoms with Gasteiger partial charge in [0.1, 0.15) is 36.3 Å². The molecule has 29 heavy (non-hydrogen) atoms. The molecule has 2 aromatic carbocycles. The van der Waals surface area contributed by atoms with Crippen molar-refractivity contribution in [2.75, 3.05) is 20.3 Å². The molecule has 0 aliphatic carbocycles. The molecule has 0 fully saturated rings. The molecule has 0 spiro atoms. The van der Waals surface area contributed by atoms with Gasteiger partial charge in [-0.15, -0.1) is 0 Å². The van der Waals surface area contributed by atoms with Crippen LogP contribution in [0.4, 0.5) is 0 Å². The lowest BCUT2D eigenvalue weighted by Gasteiger charge is -2.25. The third kappa shape index (κ3) is 6.20. The van der Waals surface area contributed by atoms with Gasteiger partial charge in [-0.05, 0) is 30.3 Å². The Bertz CT molecular complexity index is 894. The molecule has 1 aromatic heterocycles. The minimum atomic E-state index is -0.723. The van der Waals surface area contributed by atoms with Gasteiger partial charge in [-0.2, -0.15) is 0 Å². The van der Waals surface area contributed by atoms with Crippen LogP contribution in [0, 0.1) is 0 Å². The number of carbonyl (C=O) groups is 1. The van der Waals surface area contributed by atoms with Crippen LogP contribution < -0.4 is 9.47 Å². The highest BCUT2D eigenvalue weighted by Gasteiger charge is 2.16. The molecule has 1 atom stereocenters. The number of aldehydes is 1. The first kappa shape index (κ1) is 20.6. The largest absolute Gasteiger partial charge is 0.496 e. The number of methoxy groups -OCH3 is 1. The molecule has 152 valence electrons. The standard InChI is InChI=1S/C23H25NO5/c1-27-23-10-3-2-7-19(23)13-24(15-22-9-5-11-28-22)14-20(26)17-29-21-8-4-6-18(12-21)16-25/h2-12,16,20,26H,13-15,17H2,1H3. The van der Waals surface area contributed by atoms with E-state index in [0.29, 0.717) is 30.9 Å². The minimum absolute atomic E-state index is 0.114. The molecule has 0 amide bonds. The Kier molecular flexibility index (Phi) is 7.44. The van der Waals surface area contributed by atoms with Crippen LogP contribution in [0.1, 0.15) is 21.7 Å². The number of nitrogens with zero attached hydrogens (tertiary/aromatic N) is 1. The Labute approximate surface area is 170 Å². The lowest BCUT2D eigenvalue weighted by atomic mass is 10.1. The highest BCUT2D eigenvalue weighted by Crippen LogP contribution is 2.21. The fraction of sp³-hybridized carbons (Fsp3) is 0.261. The van der Waals surface area contributed by atoms with Gasteiger partial charge in [0.05, 0.1) is 19.9 Å². The van der Waals surface area contributed by atoms with Crippen LogP contribution in [0.3, 0.4) is 0 Å². The molecule has 0 aliphatic rings. The van der Waals surface area contributed by atoms with E-state index in [9.17, 15) is 9.90 Å². The Morgan fingerprint density at radius 1 is 1.10 bits per heavy atom. The predicted molar refractivity (Wildman–Crippen MR) is 109 cm³/mol. The maximum Gasteiger partial charge on any atom is 0.150 e. The summed E-state index contributed by atoms with van der Waals surface area (Å²) in [6, 6.07) is 18.4. The Hall–Kier alpha value is -3.09. The fourth-order valence-corrected chi connectivity index (χ4v) is 3.10. The first-order chi connectivity index (χ1) is 14.2. The zero-order valence-corrected chi connectivity index (χ0v) is 16.4. The smallest absolute Gasteiger partial charge is 0.150 e. The summed E-state index contributed by atoms with van der Waals surface area (Å²) < 4.78 is 16.6. The van der Waals surface area contributed by atoms with Crippen LogP contribution in [-0.2, 0) is 13.1 Å². The van der Waals surface area contributed by atoms with Crippen LogP contribution in [0.25, 0.3) is 0 Å². The molecule has 3 aromatic rings. The molecule has 0 bridgehead atoms. The van der Waals surface area contributed by atoms with Gasteiger partial charge in [-0.1, -0.05) is 30.3 Å². The lowest BCUT2D eigenvalue weighted by molar-refractivity contribution is 0.0602. The molecule has 1 heterocycles. The van der Waals surface area contributed by atoms with E-state index in [1.54, 1.807) is 37.6 Å². The molecule has 0 saturated carbocycles. The Balaban J connectivity index is 1.64. The van der Waals surface area contributed by atoms with Crippen LogP contribution in [0.5, 0.6) is 11.5 Å². The molecule has 6 nitrogen and oxygen atoms in total. The van der Waals surface area contributed by atoms with Crippen molar-refractivity contribution in [3.8, 4) is 11.5 Å². The highest BCUT2D eigenvalue weighted by atomic mass is 16.5. The lowest BCUT2D eigenvalue weighted by Crippen LogP contribution is -2.35. The molecule has 6 heteroatoms. The summed E-state index contributed by atoms with van der Waals surface area (Å²) in [6.07, 6.45) is 1.68. The van der Waals surface area contributed by atoms with Crippen molar-refractivity contribution in [1.29, 1.82) is 0 Å². The van der Waals surface area contributed by atoms with Crippen molar-refractivity contribution < 1.29 is 23.8 Å². The number of hydrogen-bond acceptors (Lipinski definition) is 6. The number of benzene rings is 2. The zero-order chi connectivity index (χ0) is 20.5. The second-order valence-electron chi connectivity index (χ2n) is 6.72. The van der Waals surface area contributed by atoms with E-state index >= 15 is 0 Å². The van der Waals surface area contributed by atoms with Crippen LogP contribution in [0.15, 0.2) is 71.3 Å². The van der Waals surface area contributed by atoms with Gasteiger partial charge in [0.2, 0.25) is 0 Å². The molecular formula is C23H25NO5. The number of para-hydroxylation sites is 1. The summed E-state index contributed by atoms with van der Waals surface area (Å²) in [5, 5.41) is 10.5. The van der Waals surface area contributed by atoms with E-state index in [1.165, 1.54) is 0 Å². The van der Waals surface area contributed by atoms with Gasteiger partial charge in [0.25, 0.3) is 0 Å². The van der Waals surface area contributed by atoms with E-state index in [4.69, 9.17) is 13.9 Å². The van der Waals surface area contributed by atoms with Crippen LogP contribution >= 0.6 is 0 Å². The SMILES string of the molecule is COc1ccccc1CN(Cc1ccco1)CC(O)COc1cccc(C=O)c1. The van der Waals surface area contributed by atoms with E-state index in [2.05, 4.69) is 4.90 Å². The average molecular weight is 395 g/mol. The first-order valence-electron chi connectivity index (χ1n) is 9.40. The Morgan fingerprint density at radius 3 is 2.72 bits per heavy atom. The third-order valence-corrected chi connectivity index (χ3v) is 4.45. The normalized spacial score (nSPS) is 12.0. The van der Waals surface area contributed by atoms with Gasteiger partial charge < -0.3 is 19.0 Å². The fourth-order valence-electron chi connectivity index (χ4n) is 3.10. The van der Waals surface area contributed by atoms with Crippen molar-refractivity contribution in [3.05, 3.63) is 83.8 Å². The van der Waals surface area contributed by atoms with Gasteiger partial charge in [-0.25, -0.2) is 0 Å². The second kappa shape index (κ2) is 10.5.